The summed E-state index contributed by atoms with van der Waals surface area (Å²) < 4.78 is 0. The van der Waals surface area contributed by atoms with Crippen molar-refractivity contribution in [1.29, 1.82) is 0 Å². The summed E-state index contributed by atoms with van der Waals surface area (Å²) in [7, 11) is 1.64. The van der Waals surface area contributed by atoms with Gasteiger partial charge in [0.1, 0.15) is 0 Å². The second kappa shape index (κ2) is 8.25. The summed E-state index contributed by atoms with van der Waals surface area (Å²) in [5.74, 6) is -0.0119. The summed E-state index contributed by atoms with van der Waals surface area (Å²) in [6.07, 6.45) is 0.835. The van der Waals surface area contributed by atoms with E-state index in [0.717, 1.165) is 18.5 Å². The molecule has 5 heteroatoms. The summed E-state index contributed by atoms with van der Waals surface area (Å²) in [6.45, 7) is 5.16. The molecule has 0 fully saturated rings. The third kappa shape index (κ3) is 4.47. The zero-order chi connectivity index (χ0) is 15.1. The van der Waals surface area contributed by atoms with Crippen LogP contribution in [0.4, 0.5) is 0 Å². The van der Waals surface area contributed by atoms with Gasteiger partial charge in [-0.3, -0.25) is 9.69 Å². The van der Waals surface area contributed by atoms with Gasteiger partial charge in [0.15, 0.2) is 0 Å². The maximum Gasteiger partial charge on any atom is 0.233 e. The van der Waals surface area contributed by atoms with Crippen LogP contribution in [0.1, 0.15) is 31.9 Å². The molecule has 3 N–H and O–H groups in total. The standard InChI is InChI=1S/C15H24ClN3O/c1-4-13(17)15(11-7-6-8-12(16)9-11)19(5-2)10-14(20)18-3/h6-9,13,15H,4-5,10,17H2,1-3H3,(H,18,20). The van der Waals surface area contributed by atoms with Gasteiger partial charge >= 0.3 is 0 Å². The number of benzene rings is 1. The molecule has 0 saturated carbocycles. The van der Waals surface area contributed by atoms with Crippen LogP contribution in [-0.2, 0) is 4.79 Å². The normalized spacial score (nSPS) is 14.1. The number of hydrogen-bond acceptors (Lipinski definition) is 3. The number of amides is 1. The number of likely N-dealkylation sites (N-methyl/N-ethyl adjacent to an activating group) is 2. The van der Waals surface area contributed by atoms with E-state index < -0.39 is 0 Å². The molecular formula is C15H24ClN3O. The molecule has 112 valence electrons. The molecule has 0 aliphatic heterocycles. The Morgan fingerprint density at radius 3 is 2.65 bits per heavy atom. The molecule has 1 amide bonds. The minimum absolute atomic E-state index is 0.0119. The molecule has 0 heterocycles. The Hall–Kier alpha value is -1.10. The molecule has 0 radical (unpaired) electrons. The fraction of sp³-hybridized carbons (Fsp3) is 0.533. The second-order valence-corrected chi connectivity index (χ2v) is 5.24. The van der Waals surface area contributed by atoms with E-state index in [0.29, 0.717) is 11.6 Å². The quantitative estimate of drug-likeness (QED) is 0.811. The molecule has 2 atom stereocenters. The number of hydrogen-bond donors (Lipinski definition) is 2. The van der Waals surface area contributed by atoms with Crippen LogP contribution < -0.4 is 11.1 Å². The van der Waals surface area contributed by atoms with Gasteiger partial charge in [0.2, 0.25) is 5.91 Å². The summed E-state index contributed by atoms with van der Waals surface area (Å²) in [5, 5.41) is 3.34. The molecule has 1 aromatic carbocycles. The van der Waals surface area contributed by atoms with Gasteiger partial charge in [-0.25, -0.2) is 0 Å². The monoisotopic (exact) mass is 297 g/mol. The lowest BCUT2D eigenvalue weighted by Crippen LogP contribution is -2.45. The summed E-state index contributed by atoms with van der Waals surface area (Å²) in [5.41, 5.74) is 7.33. The van der Waals surface area contributed by atoms with Crippen LogP contribution in [0, 0.1) is 0 Å². The third-order valence-electron chi connectivity index (χ3n) is 3.49. The number of nitrogens with one attached hydrogen (secondary N) is 1. The average Bonchev–Trinajstić information content (AvgIpc) is 2.45. The SMILES string of the molecule is CCC(N)C(c1cccc(Cl)c1)N(CC)CC(=O)NC. The third-order valence-corrected chi connectivity index (χ3v) is 3.73. The highest BCUT2D eigenvalue weighted by Gasteiger charge is 2.26. The van der Waals surface area contributed by atoms with E-state index >= 15 is 0 Å². The van der Waals surface area contributed by atoms with Crippen molar-refractivity contribution < 1.29 is 4.79 Å². The number of nitrogens with two attached hydrogens (primary N) is 1. The summed E-state index contributed by atoms with van der Waals surface area (Å²) >= 11 is 6.08. The fourth-order valence-electron chi connectivity index (χ4n) is 2.31. The van der Waals surface area contributed by atoms with Gasteiger partial charge in [-0.05, 0) is 30.7 Å². The number of rotatable bonds is 7. The molecule has 0 spiro atoms. The van der Waals surface area contributed by atoms with Gasteiger partial charge in [-0.2, -0.15) is 0 Å². The Bertz CT molecular complexity index is 439. The van der Waals surface area contributed by atoms with Crippen molar-refractivity contribution >= 4 is 17.5 Å². The van der Waals surface area contributed by atoms with Crippen molar-refractivity contribution in [3.63, 3.8) is 0 Å². The van der Waals surface area contributed by atoms with Crippen molar-refractivity contribution in [3.8, 4) is 0 Å². The first-order chi connectivity index (χ1) is 9.53. The molecule has 0 saturated heterocycles. The van der Waals surface area contributed by atoms with Crippen molar-refractivity contribution in [2.45, 2.75) is 32.4 Å². The van der Waals surface area contributed by atoms with Crippen molar-refractivity contribution in [3.05, 3.63) is 34.9 Å². The van der Waals surface area contributed by atoms with Crippen LogP contribution in [0.2, 0.25) is 5.02 Å². The van der Waals surface area contributed by atoms with E-state index in [-0.39, 0.29) is 18.0 Å². The number of carbonyl (C=O) groups excluding carboxylic acids is 1. The van der Waals surface area contributed by atoms with E-state index in [4.69, 9.17) is 17.3 Å². The smallest absolute Gasteiger partial charge is 0.233 e. The fourth-order valence-corrected chi connectivity index (χ4v) is 2.51. The van der Waals surface area contributed by atoms with Crippen LogP contribution in [0.25, 0.3) is 0 Å². The average molecular weight is 298 g/mol. The zero-order valence-electron chi connectivity index (χ0n) is 12.4. The minimum atomic E-state index is -0.0435. The van der Waals surface area contributed by atoms with Gasteiger partial charge in [0, 0.05) is 18.1 Å². The van der Waals surface area contributed by atoms with Gasteiger partial charge in [-0.15, -0.1) is 0 Å². The van der Waals surface area contributed by atoms with Crippen LogP contribution >= 0.6 is 11.6 Å². The predicted octanol–water partition coefficient (Wildman–Crippen LogP) is 2.19. The van der Waals surface area contributed by atoms with Gasteiger partial charge in [-0.1, -0.05) is 37.6 Å². The number of halogens is 1. The zero-order valence-corrected chi connectivity index (χ0v) is 13.2. The lowest BCUT2D eigenvalue weighted by Gasteiger charge is -2.34. The molecule has 0 bridgehead atoms. The number of nitrogens with zero attached hydrogens (tertiary/aromatic N) is 1. The Morgan fingerprint density at radius 1 is 1.45 bits per heavy atom. The highest BCUT2D eigenvalue weighted by atomic mass is 35.5. The molecule has 4 nitrogen and oxygen atoms in total. The van der Waals surface area contributed by atoms with Gasteiger partial charge in [0.25, 0.3) is 0 Å². The molecule has 0 aromatic heterocycles. The largest absolute Gasteiger partial charge is 0.358 e. The van der Waals surface area contributed by atoms with Crippen LogP contribution in [0.15, 0.2) is 24.3 Å². The van der Waals surface area contributed by atoms with Crippen LogP contribution in [-0.4, -0.2) is 37.0 Å². The van der Waals surface area contributed by atoms with E-state index in [9.17, 15) is 4.79 Å². The molecule has 1 aromatic rings. The molecule has 1 rings (SSSR count). The Balaban J connectivity index is 3.06. The second-order valence-electron chi connectivity index (χ2n) is 4.81. The molecule has 0 aliphatic carbocycles. The molecule has 20 heavy (non-hydrogen) atoms. The molecule has 2 unspecified atom stereocenters. The highest BCUT2D eigenvalue weighted by Crippen LogP contribution is 2.26. The van der Waals surface area contributed by atoms with Crippen LogP contribution in [0.5, 0.6) is 0 Å². The Morgan fingerprint density at radius 2 is 2.15 bits per heavy atom. The van der Waals surface area contributed by atoms with Crippen molar-refractivity contribution in [2.24, 2.45) is 5.73 Å². The van der Waals surface area contributed by atoms with Gasteiger partial charge < -0.3 is 11.1 Å². The predicted molar refractivity (Wildman–Crippen MR) is 83.8 cm³/mol. The minimum Gasteiger partial charge on any atom is -0.358 e. The van der Waals surface area contributed by atoms with Crippen LogP contribution in [0.3, 0.4) is 0 Å². The van der Waals surface area contributed by atoms with Gasteiger partial charge in [0.05, 0.1) is 12.6 Å². The molecule has 0 aliphatic rings. The lowest BCUT2D eigenvalue weighted by atomic mass is 9.96. The van der Waals surface area contributed by atoms with Crippen molar-refractivity contribution in [1.82, 2.24) is 10.2 Å². The first-order valence-corrected chi connectivity index (χ1v) is 7.36. The maximum absolute atomic E-state index is 11.7. The maximum atomic E-state index is 11.7. The topological polar surface area (TPSA) is 58.4 Å². The number of carbonyl (C=O) groups is 1. The van der Waals surface area contributed by atoms with E-state index in [1.807, 2.05) is 31.2 Å². The summed E-state index contributed by atoms with van der Waals surface area (Å²) in [4.78, 5) is 13.8. The lowest BCUT2D eigenvalue weighted by molar-refractivity contribution is -0.122. The van der Waals surface area contributed by atoms with E-state index in [1.165, 1.54) is 0 Å². The van der Waals surface area contributed by atoms with E-state index in [1.54, 1.807) is 7.05 Å². The highest BCUT2D eigenvalue weighted by molar-refractivity contribution is 6.30. The van der Waals surface area contributed by atoms with E-state index in [2.05, 4.69) is 17.1 Å². The first-order valence-electron chi connectivity index (χ1n) is 6.99. The molecular weight excluding hydrogens is 274 g/mol. The van der Waals surface area contributed by atoms with Crippen molar-refractivity contribution in [2.75, 3.05) is 20.1 Å². The first kappa shape index (κ1) is 17.0. The Labute approximate surface area is 126 Å². The summed E-state index contributed by atoms with van der Waals surface area (Å²) in [6, 6.07) is 7.64. The Kier molecular flexibility index (Phi) is 6.99.